The van der Waals surface area contributed by atoms with Gasteiger partial charge in [-0.25, -0.2) is 0 Å². The van der Waals surface area contributed by atoms with Crippen molar-refractivity contribution in [3.05, 3.63) is 24.3 Å². The van der Waals surface area contributed by atoms with Crippen LogP contribution in [0, 0.1) is 0 Å². The maximum Gasteiger partial charge on any atom is 0.241 e. The van der Waals surface area contributed by atoms with E-state index in [4.69, 9.17) is 5.73 Å². The van der Waals surface area contributed by atoms with E-state index in [0.717, 1.165) is 42.9 Å². The lowest BCUT2D eigenvalue weighted by molar-refractivity contribution is -0.124. The number of hydrogen-bond donors (Lipinski definition) is 1. The Balaban J connectivity index is 1.78. The van der Waals surface area contributed by atoms with Gasteiger partial charge in [0.25, 0.3) is 0 Å². The summed E-state index contributed by atoms with van der Waals surface area (Å²) in [6, 6.07) is 7.76. The summed E-state index contributed by atoms with van der Waals surface area (Å²) in [4.78, 5) is 29.3. The third-order valence-corrected chi connectivity index (χ3v) is 5.81. The van der Waals surface area contributed by atoms with Gasteiger partial charge < -0.3 is 10.6 Å². The molecule has 2 N–H and O–H groups in total. The second kappa shape index (κ2) is 6.93. The number of anilines is 1. The van der Waals surface area contributed by atoms with Crippen molar-refractivity contribution in [2.75, 3.05) is 24.5 Å². The molecule has 2 aliphatic rings. The van der Waals surface area contributed by atoms with Gasteiger partial charge in [-0.3, -0.25) is 14.5 Å². The Morgan fingerprint density at radius 3 is 2.83 bits per heavy atom. The fraction of sp³-hybridized carbons (Fsp3) is 0.529. The molecule has 0 aromatic heterocycles. The summed E-state index contributed by atoms with van der Waals surface area (Å²) in [7, 11) is 0. The molecular weight excluding hydrogens is 310 g/mol. The number of benzene rings is 1. The molecule has 3 rings (SSSR count). The summed E-state index contributed by atoms with van der Waals surface area (Å²) >= 11 is 1.82. The van der Waals surface area contributed by atoms with Crippen LogP contribution in [0.1, 0.15) is 26.2 Å². The number of thioether (sulfide) groups is 1. The largest absolute Gasteiger partial charge is 0.368 e. The van der Waals surface area contributed by atoms with Crippen LogP contribution in [0.4, 0.5) is 5.69 Å². The lowest BCUT2D eigenvalue weighted by atomic mass is 10.2. The van der Waals surface area contributed by atoms with Gasteiger partial charge in [-0.05, 0) is 37.9 Å². The van der Waals surface area contributed by atoms with Gasteiger partial charge in [0.1, 0.15) is 0 Å². The standard InChI is InChI=1S/C17H23N3O2S/c1-12-8-10-20(13-5-2-3-7-15(13)23-12)16(21)11-19-9-4-6-14(19)17(18)22/h2-3,5,7,12,14H,4,6,8-11H2,1H3,(H2,18,22)/t12-,14-/m0/s1. The molecule has 0 saturated carbocycles. The van der Waals surface area contributed by atoms with Crippen LogP contribution < -0.4 is 10.6 Å². The van der Waals surface area contributed by atoms with Crippen molar-refractivity contribution < 1.29 is 9.59 Å². The minimum Gasteiger partial charge on any atom is -0.368 e. The quantitative estimate of drug-likeness (QED) is 0.917. The fourth-order valence-electron chi connectivity index (χ4n) is 3.34. The van der Waals surface area contributed by atoms with Crippen LogP contribution in [0.5, 0.6) is 0 Å². The second-order valence-electron chi connectivity index (χ2n) is 6.26. The SMILES string of the molecule is C[C@H]1CCN(C(=O)CN2CCC[C@H]2C(N)=O)c2ccccc2S1. The summed E-state index contributed by atoms with van der Waals surface area (Å²) in [5.41, 5.74) is 6.44. The molecule has 23 heavy (non-hydrogen) atoms. The molecule has 1 saturated heterocycles. The average molecular weight is 333 g/mol. The zero-order chi connectivity index (χ0) is 16.4. The monoisotopic (exact) mass is 333 g/mol. The molecule has 2 aliphatic heterocycles. The highest BCUT2D eigenvalue weighted by molar-refractivity contribution is 8.00. The maximum atomic E-state index is 12.9. The molecule has 2 heterocycles. The van der Waals surface area contributed by atoms with Crippen molar-refractivity contribution in [3.8, 4) is 0 Å². The van der Waals surface area contributed by atoms with Crippen molar-refractivity contribution in [1.29, 1.82) is 0 Å². The number of nitrogens with two attached hydrogens (primary N) is 1. The van der Waals surface area contributed by atoms with Crippen LogP contribution in [0.3, 0.4) is 0 Å². The Kier molecular flexibility index (Phi) is 4.92. The molecule has 2 amide bonds. The fourth-order valence-corrected chi connectivity index (χ4v) is 4.46. The molecular formula is C17H23N3O2S. The number of carbonyl (C=O) groups excluding carboxylic acids is 2. The summed E-state index contributed by atoms with van der Waals surface area (Å²) < 4.78 is 0. The van der Waals surface area contributed by atoms with E-state index in [0.29, 0.717) is 5.25 Å². The molecule has 1 fully saturated rings. The molecule has 0 spiro atoms. The van der Waals surface area contributed by atoms with Gasteiger partial charge in [-0.15, -0.1) is 11.8 Å². The summed E-state index contributed by atoms with van der Waals surface area (Å²) in [5.74, 6) is -0.268. The van der Waals surface area contributed by atoms with E-state index in [-0.39, 0.29) is 24.4 Å². The van der Waals surface area contributed by atoms with Crippen LogP contribution in [-0.4, -0.2) is 47.6 Å². The number of primary amides is 1. The third kappa shape index (κ3) is 3.53. The first kappa shape index (κ1) is 16.3. The van der Waals surface area contributed by atoms with Crippen LogP contribution in [0.25, 0.3) is 0 Å². The zero-order valence-corrected chi connectivity index (χ0v) is 14.2. The highest BCUT2D eigenvalue weighted by atomic mass is 32.2. The number of likely N-dealkylation sites (tertiary alicyclic amines) is 1. The Labute approximate surface area is 141 Å². The van der Waals surface area contributed by atoms with Gasteiger partial charge in [-0.1, -0.05) is 19.1 Å². The van der Waals surface area contributed by atoms with Crippen LogP contribution >= 0.6 is 11.8 Å². The summed E-state index contributed by atoms with van der Waals surface area (Å²) in [5, 5.41) is 0.485. The number of amides is 2. The molecule has 5 nitrogen and oxygen atoms in total. The number of para-hydroxylation sites is 1. The van der Waals surface area contributed by atoms with Crippen LogP contribution in [0.2, 0.25) is 0 Å². The summed E-state index contributed by atoms with van der Waals surface area (Å²) in [6.45, 7) is 3.94. The molecule has 2 atom stereocenters. The van der Waals surface area contributed by atoms with Gasteiger partial charge >= 0.3 is 0 Å². The third-order valence-electron chi connectivity index (χ3n) is 4.57. The van der Waals surface area contributed by atoms with Crippen LogP contribution in [0.15, 0.2) is 29.2 Å². The number of nitrogens with zero attached hydrogens (tertiary/aromatic N) is 2. The first-order valence-corrected chi connectivity index (χ1v) is 9.03. The first-order chi connectivity index (χ1) is 11.1. The van der Waals surface area contributed by atoms with Crippen molar-refractivity contribution in [3.63, 3.8) is 0 Å². The summed E-state index contributed by atoms with van der Waals surface area (Å²) in [6.07, 6.45) is 2.64. The van der Waals surface area contributed by atoms with E-state index < -0.39 is 0 Å². The smallest absolute Gasteiger partial charge is 0.241 e. The Hall–Kier alpha value is -1.53. The van der Waals surface area contributed by atoms with Crippen molar-refractivity contribution in [2.24, 2.45) is 5.73 Å². The van der Waals surface area contributed by atoms with Gasteiger partial charge in [0.15, 0.2) is 0 Å². The maximum absolute atomic E-state index is 12.9. The lowest BCUT2D eigenvalue weighted by Crippen LogP contribution is -2.46. The Morgan fingerprint density at radius 2 is 2.04 bits per heavy atom. The van der Waals surface area contributed by atoms with Gasteiger partial charge in [0.2, 0.25) is 11.8 Å². The van der Waals surface area contributed by atoms with E-state index in [1.165, 1.54) is 0 Å². The van der Waals surface area contributed by atoms with E-state index >= 15 is 0 Å². The molecule has 0 bridgehead atoms. The predicted octanol–water partition coefficient (Wildman–Crippen LogP) is 1.85. The van der Waals surface area contributed by atoms with Crippen molar-refractivity contribution >= 4 is 29.3 Å². The van der Waals surface area contributed by atoms with Gasteiger partial charge in [0.05, 0.1) is 18.3 Å². The number of hydrogen-bond acceptors (Lipinski definition) is 4. The molecule has 0 aliphatic carbocycles. The lowest BCUT2D eigenvalue weighted by Gasteiger charge is -2.27. The van der Waals surface area contributed by atoms with E-state index in [9.17, 15) is 9.59 Å². The van der Waals surface area contributed by atoms with E-state index in [1.54, 1.807) is 0 Å². The second-order valence-corrected chi connectivity index (χ2v) is 7.74. The van der Waals surface area contributed by atoms with Crippen molar-refractivity contribution in [1.82, 2.24) is 4.90 Å². The highest BCUT2D eigenvalue weighted by Crippen LogP contribution is 2.37. The molecule has 1 aromatic rings. The molecule has 124 valence electrons. The van der Waals surface area contributed by atoms with E-state index in [1.807, 2.05) is 39.8 Å². The normalized spacial score (nSPS) is 25.0. The minimum atomic E-state index is -0.323. The van der Waals surface area contributed by atoms with Crippen LogP contribution in [-0.2, 0) is 9.59 Å². The molecule has 0 unspecified atom stereocenters. The van der Waals surface area contributed by atoms with Gasteiger partial charge in [0, 0.05) is 16.7 Å². The zero-order valence-electron chi connectivity index (χ0n) is 13.4. The van der Waals surface area contributed by atoms with Gasteiger partial charge in [-0.2, -0.15) is 0 Å². The Bertz CT molecular complexity index is 607. The van der Waals surface area contributed by atoms with Crippen molar-refractivity contribution in [2.45, 2.75) is 42.4 Å². The Morgan fingerprint density at radius 1 is 1.26 bits per heavy atom. The number of rotatable bonds is 3. The molecule has 6 heteroatoms. The molecule has 0 radical (unpaired) electrons. The topological polar surface area (TPSA) is 66.6 Å². The molecule has 1 aromatic carbocycles. The highest BCUT2D eigenvalue weighted by Gasteiger charge is 2.32. The average Bonchev–Trinajstić information content (AvgIpc) is 2.90. The number of carbonyl (C=O) groups is 2. The first-order valence-electron chi connectivity index (χ1n) is 8.15. The predicted molar refractivity (Wildman–Crippen MR) is 92.5 cm³/mol. The number of fused-ring (bicyclic) bond motifs is 1. The minimum absolute atomic E-state index is 0.0558. The van der Waals surface area contributed by atoms with E-state index in [2.05, 4.69) is 13.0 Å².